The third kappa shape index (κ3) is 2.57. The summed E-state index contributed by atoms with van der Waals surface area (Å²) in [6.45, 7) is 2.30. The number of thiol groups is 3. The molecule has 1 saturated heterocycles. The monoisotopic (exact) mass is 183 g/mol. The standard InChI is InChI=1S/C3H9N3S3/c7-4-1-5(8)3-6(9)2-4/h7-9H,1-3H2. The molecule has 0 unspecified atom stereocenters. The van der Waals surface area contributed by atoms with Crippen LogP contribution in [-0.2, 0) is 0 Å². The maximum Gasteiger partial charge on any atom is 0.0728 e. The summed E-state index contributed by atoms with van der Waals surface area (Å²) in [5.74, 6) is 0. The Labute approximate surface area is 71.6 Å². The highest BCUT2D eigenvalue weighted by molar-refractivity contribution is 7.79. The van der Waals surface area contributed by atoms with E-state index in [-0.39, 0.29) is 0 Å². The summed E-state index contributed by atoms with van der Waals surface area (Å²) >= 11 is 12.4. The van der Waals surface area contributed by atoms with Gasteiger partial charge in [-0.2, -0.15) is 0 Å². The molecule has 0 radical (unpaired) electrons. The molecule has 6 heteroatoms. The minimum atomic E-state index is 0.767. The molecule has 0 amide bonds. The van der Waals surface area contributed by atoms with Gasteiger partial charge in [0.2, 0.25) is 0 Å². The molecule has 0 saturated carbocycles. The summed E-state index contributed by atoms with van der Waals surface area (Å²) in [5, 5.41) is 0. The van der Waals surface area contributed by atoms with Crippen molar-refractivity contribution in [2.75, 3.05) is 20.0 Å². The molecule has 1 aliphatic heterocycles. The maximum atomic E-state index is 4.13. The predicted molar refractivity (Wildman–Crippen MR) is 47.1 cm³/mol. The van der Waals surface area contributed by atoms with Gasteiger partial charge in [-0.25, -0.2) is 12.9 Å². The Morgan fingerprint density at radius 3 is 1.11 bits per heavy atom. The van der Waals surface area contributed by atoms with Gasteiger partial charge in [-0.05, 0) is 0 Å². The molecule has 0 N–H and O–H groups in total. The molecule has 1 heterocycles. The maximum absolute atomic E-state index is 4.13. The van der Waals surface area contributed by atoms with Crippen LogP contribution in [0.25, 0.3) is 0 Å². The summed E-state index contributed by atoms with van der Waals surface area (Å²) < 4.78 is 5.47. The number of hydrogen-bond donors (Lipinski definition) is 3. The number of rotatable bonds is 0. The molecular weight excluding hydrogens is 174 g/mol. The average molecular weight is 183 g/mol. The molecule has 1 fully saturated rings. The summed E-state index contributed by atoms with van der Waals surface area (Å²) in [5.41, 5.74) is 0. The molecule has 0 aromatic heterocycles. The molecule has 0 aliphatic carbocycles. The lowest BCUT2D eigenvalue weighted by molar-refractivity contribution is 0.162. The van der Waals surface area contributed by atoms with Gasteiger partial charge >= 0.3 is 0 Å². The van der Waals surface area contributed by atoms with Crippen LogP contribution in [0, 0.1) is 0 Å². The van der Waals surface area contributed by atoms with E-state index in [1.165, 1.54) is 0 Å². The van der Waals surface area contributed by atoms with Gasteiger partial charge in [0, 0.05) is 0 Å². The quantitative estimate of drug-likeness (QED) is 0.467. The van der Waals surface area contributed by atoms with Crippen molar-refractivity contribution in [3.05, 3.63) is 0 Å². The van der Waals surface area contributed by atoms with Crippen molar-refractivity contribution in [1.29, 1.82) is 0 Å². The largest absolute Gasteiger partial charge is 0.223 e. The molecule has 54 valence electrons. The first-order valence-corrected chi connectivity index (χ1v) is 3.70. The van der Waals surface area contributed by atoms with Gasteiger partial charge in [0.05, 0.1) is 20.0 Å². The topological polar surface area (TPSA) is 9.72 Å². The molecular formula is C3H9N3S3. The molecule has 3 nitrogen and oxygen atoms in total. The molecule has 1 aliphatic rings. The average Bonchev–Trinajstić information content (AvgIpc) is 1.59. The highest BCUT2D eigenvalue weighted by Crippen LogP contribution is 2.11. The normalized spacial score (nSPS) is 27.0. The van der Waals surface area contributed by atoms with Gasteiger partial charge in [-0.15, -0.1) is 0 Å². The summed E-state index contributed by atoms with van der Waals surface area (Å²) in [6.07, 6.45) is 0. The summed E-state index contributed by atoms with van der Waals surface area (Å²) in [4.78, 5) is 0. The Morgan fingerprint density at radius 1 is 0.667 bits per heavy atom. The zero-order chi connectivity index (χ0) is 6.85. The van der Waals surface area contributed by atoms with E-state index >= 15 is 0 Å². The molecule has 0 aromatic rings. The van der Waals surface area contributed by atoms with Crippen molar-refractivity contribution in [3.63, 3.8) is 0 Å². The minimum absolute atomic E-state index is 0.767. The molecule has 0 bridgehead atoms. The summed E-state index contributed by atoms with van der Waals surface area (Å²) in [6, 6.07) is 0. The highest BCUT2D eigenvalue weighted by atomic mass is 32.1. The van der Waals surface area contributed by atoms with Crippen LogP contribution in [0.5, 0.6) is 0 Å². The van der Waals surface area contributed by atoms with Crippen molar-refractivity contribution in [2.45, 2.75) is 0 Å². The predicted octanol–water partition coefficient (Wildman–Crippen LogP) is 0.313. The first kappa shape index (κ1) is 8.03. The smallest absolute Gasteiger partial charge is 0.0728 e. The lowest BCUT2D eigenvalue weighted by atomic mass is 10.8. The Bertz CT molecular complexity index is 75.3. The van der Waals surface area contributed by atoms with Gasteiger partial charge in [0.15, 0.2) is 0 Å². The van der Waals surface area contributed by atoms with Gasteiger partial charge < -0.3 is 0 Å². The van der Waals surface area contributed by atoms with Gasteiger partial charge in [0.1, 0.15) is 0 Å². The number of nitrogens with zero attached hydrogens (tertiary/aromatic N) is 3. The van der Waals surface area contributed by atoms with Crippen LogP contribution in [0.2, 0.25) is 0 Å². The van der Waals surface area contributed by atoms with Crippen molar-refractivity contribution in [3.8, 4) is 0 Å². The fourth-order valence-electron chi connectivity index (χ4n) is 0.699. The zero-order valence-electron chi connectivity index (χ0n) is 4.80. The minimum Gasteiger partial charge on any atom is -0.223 e. The molecule has 0 aromatic carbocycles. The van der Waals surface area contributed by atoms with Crippen molar-refractivity contribution in [2.24, 2.45) is 0 Å². The van der Waals surface area contributed by atoms with Crippen LogP contribution in [0.15, 0.2) is 0 Å². The zero-order valence-corrected chi connectivity index (χ0v) is 7.49. The van der Waals surface area contributed by atoms with E-state index in [2.05, 4.69) is 38.4 Å². The van der Waals surface area contributed by atoms with E-state index in [1.807, 2.05) is 12.9 Å². The highest BCUT2D eigenvalue weighted by Gasteiger charge is 2.15. The molecule has 1 rings (SSSR count). The van der Waals surface area contributed by atoms with Crippen LogP contribution in [-0.4, -0.2) is 32.9 Å². The second-order valence-corrected chi connectivity index (χ2v) is 3.64. The lowest BCUT2D eigenvalue weighted by Crippen LogP contribution is -2.43. The van der Waals surface area contributed by atoms with Crippen LogP contribution in [0.4, 0.5) is 0 Å². The third-order valence-corrected chi connectivity index (χ3v) is 1.74. The Balaban J connectivity index is 2.34. The van der Waals surface area contributed by atoms with Crippen molar-refractivity contribution >= 4 is 38.4 Å². The molecule has 9 heavy (non-hydrogen) atoms. The second kappa shape index (κ2) is 3.36. The van der Waals surface area contributed by atoms with Crippen LogP contribution >= 0.6 is 38.4 Å². The first-order valence-electron chi connectivity index (χ1n) is 2.50. The van der Waals surface area contributed by atoms with Crippen molar-refractivity contribution < 1.29 is 0 Å². The van der Waals surface area contributed by atoms with E-state index in [0.29, 0.717) is 0 Å². The third-order valence-electron chi connectivity index (χ3n) is 0.979. The van der Waals surface area contributed by atoms with Crippen LogP contribution in [0.3, 0.4) is 0 Å². The lowest BCUT2D eigenvalue weighted by Gasteiger charge is -2.33. The Hall–Kier alpha value is 0.930. The van der Waals surface area contributed by atoms with Crippen LogP contribution < -0.4 is 0 Å². The fourth-order valence-corrected chi connectivity index (χ4v) is 1.91. The van der Waals surface area contributed by atoms with Gasteiger partial charge in [-0.1, -0.05) is 38.4 Å². The second-order valence-electron chi connectivity index (χ2n) is 1.94. The summed E-state index contributed by atoms with van der Waals surface area (Å²) in [7, 11) is 0. The molecule has 0 spiro atoms. The Morgan fingerprint density at radius 2 is 0.889 bits per heavy atom. The van der Waals surface area contributed by atoms with E-state index < -0.39 is 0 Å². The first-order chi connectivity index (χ1) is 4.18. The molecule has 0 atom stereocenters. The van der Waals surface area contributed by atoms with Gasteiger partial charge in [-0.3, -0.25) is 0 Å². The Kier molecular flexibility index (Phi) is 3.00. The number of hydrogen-bond acceptors (Lipinski definition) is 6. The fraction of sp³-hybridized carbons (Fsp3) is 1.00. The van der Waals surface area contributed by atoms with E-state index in [1.54, 1.807) is 0 Å². The van der Waals surface area contributed by atoms with E-state index in [4.69, 9.17) is 0 Å². The van der Waals surface area contributed by atoms with Crippen LogP contribution in [0.1, 0.15) is 0 Å². The van der Waals surface area contributed by atoms with Gasteiger partial charge in [0.25, 0.3) is 0 Å². The van der Waals surface area contributed by atoms with E-state index in [9.17, 15) is 0 Å². The SMILES string of the molecule is SN1CN(S)CN(S)C1. The van der Waals surface area contributed by atoms with E-state index in [0.717, 1.165) is 20.0 Å². The van der Waals surface area contributed by atoms with Crippen molar-refractivity contribution in [1.82, 2.24) is 12.9 Å².